The van der Waals surface area contributed by atoms with E-state index in [1.165, 1.54) is 7.11 Å². The lowest BCUT2D eigenvalue weighted by Crippen LogP contribution is -2.08. The standard InChI is InChI=1S/C12H12N2O2/c1-14-8-10(9-6-4-3-5-7-9)13-11(14)12(15)16-2/h3-8H,1-2H3. The van der Waals surface area contributed by atoms with Crippen molar-refractivity contribution in [2.45, 2.75) is 0 Å². The Morgan fingerprint density at radius 2 is 2.00 bits per heavy atom. The smallest absolute Gasteiger partial charge is 0.374 e. The van der Waals surface area contributed by atoms with Gasteiger partial charge in [-0.15, -0.1) is 0 Å². The normalized spacial score (nSPS) is 10.1. The summed E-state index contributed by atoms with van der Waals surface area (Å²) in [6, 6.07) is 9.70. The maximum absolute atomic E-state index is 11.4. The number of esters is 1. The first-order valence-electron chi connectivity index (χ1n) is 4.89. The summed E-state index contributed by atoms with van der Waals surface area (Å²) in [6.07, 6.45) is 1.81. The number of aryl methyl sites for hydroxylation is 1. The number of aromatic nitrogens is 2. The van der Waals surface area contributed by atoms with Gasteiger partial charge in [-0.05, 0) is 0 Å². The third kappa shape index (κ3) is 1.82. The van der Waals surface area contributed by atoms with E-state index in [1.807, 2.05) is 36.5 Å². The van der Waals surface area contributed by atoms with Gasteiger partial charge in [0.05, 0.1) is 12.8 Å². The van der Waals surface area contributed by atoms with Gasteiger partial charge < -0.3 is 9.30 Å². The van der Waals surface area contributed by atoms with E-state index in [0.29, 0.717) is 5.82 Å². The summed E-state index contributed by atoms with van der Waals surface area (Å²) < 4.78 is 6.30. The Morgan fingerprint density at radius 3 is 2.62 bits per heavy atom. The van der Waals surface area contributed by atoms with Gasteiger partial charge in [0.1, 0.15) is 0 Å². The zero-order valence-corrected chi connectivity index (χ0v) is 9.18. The van der Waals surface area contributed by atoms with Crippen molar-refractivity contribution < 1.29 is 9.53 Å². The second-order valence-electron chi connectivity index (χ2n) is 3.42. The van der Waals surface area contributed by atoms with Crippen LogP contribution in [0.4, 0.5) is 0 Å². The van der Waals surface area contributed by atoms with E-state index < -0.39 is 5.97 Å². The first kappa shape index (κ1) is 10.4. The molecular weight excluding hydrogens is 204 g/mol. The summed E-state index contributed by atoms with van der Waals surface area (Å²) in [7, 11) is 3.12. The molecule has 1 heterocycles. The molecule has 0 spiro atoms. The van der Waals surface area contributed by atoms with Gasteiger partial charge >= 0.3 is 5.97 Å². The number of carbonyl (C=O) groups is 1. The Balaban J connectivity index is 2.42. The van der Waals surface area contributed by atoms with Crippen molar-refractivity contribution in [1.82, 2.24) is 9.55 Å². The minimum atomic E-state index is -0.426. The zero-order chi connectivity index (χ0) is 11.5. The fourth-order valence-corrected chi connectivity index (χ4v) is 1.50. The highest BCUT2D eigenvalue weighted by atomic mass is 16.5. The van der Waals surface area contributed by atoms with Crippen LogP contribution in [0.2, 0.25) is 0 Å². The Kier molecular flexibility index (Phi) is 2.72. The highest BCUT2D eigenvalue weighted by molar-refractivity contribution is 5.86. The third-order valence-corrected chi connectivity index (χ3v) is 2.31. The van der Waals surface area contributed by atoms with Crippen molar-refractivity contribution in [3.05, 3.63) is 42.4 Å². The molecule has 0 saturated heterocycles. The molecule has 16 heavy (non-hydrogen) atoms. The molecule has 0 aliphatic carbocycles. The molecule has 2 rings (SSSR count). The van der Waals surface area contributed by atoms with E-state index in [0.717, 1.165) is 11.3 Å². The SMILES string of the molecule is COC(=O)c1nc(-c2ccccc2)cn1C. The summed E-state index contributed by atoms with van der Waals surface area (Å²) in [5, 5.41) is 0. The molecule has 0 bridgehead atoms. The fraction of sp³-hybridized carbons (Fsp3) is 0.167. The molecule has 0 atom stereocenters. The molecule has 0 fully saturated rings. The van der Waals surface area contributed by atoms with Gasteiger partial charge in [0.2, 0.25) is 5.82 Å². The predicted octanol–water partition coefficient (Wildman–Crippen LogP) is 1.87. The largest absolute Gasteiger partial charge is 0.463 e. The minimum Gasteiger partial charge on any atom is -0.463 e. The van der Waals surface area contributed by atoms with Gasteiger partial charge in [-0.1, -0.05) is 30.3 Å². The number of imidazole rings is 1. The average molecular weight is 216 g/mol. The van der Waals surface area contributed by atoms with Crippen LogP contribution in [0.1, 0.15) is 10.6 Å². The predicted molar refractivity (Wildman–Crippen MR) is 60.0 cm³/mol. The first-order chi connectivity index (χ1) is 7.72. The number of hydrogen-bond acceptors (Lipinski definition) is 3. The fourth-order valence-electron chi connectivity index (χ4n) is 1.50. The molecule has 2 aromatic rings. The lowest BCUT2D eigenvalue weighted by atomic mass is 10.2. The van der Waals surface area contributed by atoms with Crippen LogP contribution in [0.25, 0.3) is 11.3 Å². The molecule has 0 aliphatic rings. The molecule has 1 aromatic heterocycles. The number of rotatable bonds is 2. The summed E-state index contributed by atoms with van der Waals surface area (Å²) in [5.74, 6) is -0.119. The lowest BCUT2D eigenvalue weighted by molar-refractivity contribution is 0.0583. The van der Waals surface area contributed by atoms with Crippen molar-refractivity contribution in [3.8, 4) is 11.3 Å². The van der Waals surface area contributed by atoms with E-state index in [4.69, 9.17) is 0 Å². The number of hydrogen-bond donors (Lipinski definition) is 0. The van der Waals surface area contributed by atoms with Gasteiger partial charge in [-0.2, -0.15) is 0 Å². The molecule has 0 unspecified atom stereocenters. The molecule has 4 heteroatoms. The highest BCUT2D eigenvalue weighted by Crippen LogP contribution is 2.17. The van der Waals surface area contributed by atoms with Gasteiger partial charge in [-0.3, -0.25) is 0 Å². The second kappa shape index (κ2) is 4.18. The number of carbonyl (C=O) groups excluding carboxylic acids is 1. The number of nitrogens with zero attached hydrogens (tertiary/aromatic N) is 2. The van der Waals surface area contributed by atoms with E-state index in [2.05, 4.69) is 9.72 Å². The summed E-state index contributed by atoms with van der Waals surface area (Å²) >= 11 is 0. The molecule has 0 N–H and O–H groups in total. The molecule has 1 aromatic carbocycles. The van der Waals surface area contributed by atoms with Gasteiger partial charge in [0.25, 0.3) is 0 Å². The van der Waals surface area contributed by atoms with Crippen LogP contribution in [0.3, 0.4) is 0 Å². The number of ether oxygens (including phenoxy) is 1. The molecule has 0 aliphatic heterocycles. The van der Waals surface area contributed by atoms with Gasteiger partial charge in [0, 0.05) is 18.8 Å². The third-order valence-electron chi connectivity index (χ3n) is 2.31. The zero-order valence-electron chi connectivity index (χ0n) is 9.18. The molecule has 4 nitrogen and oxygen atoms in total. The van der Waals surface area contributed by atoms with Crippen LogP contribution < -0.4 is 0 Å². The van der Waals surface area contributed by atoms with E-state index in [-0.39, 0.29) is 0 Å². The summed E-state index contributed by atoms with van der Waals surface area (Å²) in [6.45, 7) is 0. The Bertz CT molecular complexity index is 503. The Hall–Kier alpha value is -2.10. The lowest BCUT2D eigenvalue weighted by Gasteiger charge is -1.96. The van der Waals surface area contributed by atoms with Crippen LogP contribution in [0.5, 0.6) is 0 Å². The quantitative estimate of drug-likeness (QED) is 0.720. The van der Waals surface area contributed by atoms with E-state index in [1.54, 1.807) is 11.6 Å². The topological polar surface area (TPSA) is 44.1 Å². The Morgan fingerprint density at radius 1 is 1.31 bits per heavy atom. The Labute approximate surface area is 93.5 Å². The van der Waals surface area contributed by atoms with Crippen molar-refractivity contribution in [1.29, 1.82) is 0 Å². The van der Waals surface area contributed by atoms with Crippen LogP contribution in [-0.2, 0) is 11.8 Å². The van der Waals surface area contributed by atoms with Crippen molar-refractivity contribution in [3.63, 3.8) is 0 Å². The second-order valence-corrected chi connectivity index (χ2v) is 3.42. The minimum absolute atomic E-state index is 0.307. The maximum atomic E-state index is 11.4. The van der Waals surface area contributed by atoms with Crippen LogP contribution in [-0.4, -0.2) is 22.6 Å². The molecule has 82 valence electrons. The van der Waals surface area contributed by atoms with Crippen LogP contribution >= 0.6 is 0 Å². The van der Waals surface area contributed by atoms with Gasteiger partial charge in [-0.25, -0.2) is 9.78 Å². The molecule has 0 radical (unpaired) electrons. The average Bonchev–Trinajstić information content (AvgIpc) is 2.71. The maximum Gasteiger partial charge on any atom is 0.374 e. The summed E-state index contributed by atoms with van der Waals surface area (Å²) in [4.78, 5) is 15.6. The van der Waals surface area contributed by atoms with Crippen molar-refractivity contribution >= 4 is 5.97 Å². The highest BCUT2D eigenvalue weighted by Gasteiger charge is 2.14. The number of benzene rings is 1. The molecular formula is C12H12N2O2. The van der Waals surface area contributed by atoms with Crippen LogP contribution in [0, 0.1) is 0 Å². The molecule has 0 amide bonds. The van der Waals surface area contributed by atoms with Gasteiger partial charge in [0.15, 0.2) is 0 Å². The van der Waals surface area contributed by atoms with E-state index in [9.17, 15) is 4.79 Å². The number of methoxy groups -OCH3 is 1. The van der Waals surface area contributed by atoms with E-state index >= 15 is 0 Å². The molecule has 0 saturated carbocycles. The van der Waals surface area contributed by atoms with Crippen molar-refractivity contribution in [2.24, 2.45) is 7.05 Å². The summed E-state index contributed by atoms with van der Waals surface area (Å²) in [5.41, 5.74) is 1.75. The van der Waals surface area contributed by atoms with Crippen molar-refractivity contribution in [2.75, 3.05) is 7.11 Å². The first-order valence-corrected chi connectivity index (χ1v) is 4.89. The monoisotopic (exact) mass is 216 g/mol. The van der Waals surface area contributed by atoms with Crippen LogP contribution in [0.15, 0.2) is 36.5 Å².